The largest absolute Gasteiger partial charge is 0.440 e. The molecule has 0 spiro atoms. The number of sulfonamides is 1. The lowest BCUT2D eigenvalue weighted by Gasteiger charge is -2.28. The third-order valence-electron chi connectivity index (χ3n) is 5.70. The Morgan fingerprint density at radius 1 is 0.879 bits per heavy atom. The molecule has 0 bridgehead atoms. The van der Waals surface area contributed by atoms with Gasteiger partial charge < -0.3 is 14.6 Å². The fourth-order valence-corrected chi connectivity index (χ4v) is 5.57. The van der Waals surface area contributed by atoms with Crippen molar-refractivity contribution in [1.82, 2.24) is 4.31 Å². The molecule has 0 aliphatic carbocycles. The zero-order chi connectivity index (χ0) is 23.4. The first-order valence-electron chi connectivity index (χ1n) is 10.1. The maximum absolute atomic E-state index is 15.0. The second kappa shape index (κ2) is 7.75. The number of benzene rings is 3. The minimum absolute atomic E-state index is 0.0524. The summed E-state index contributed by atoms with van der Waals surface area (Å²) < 4.78 is 81.1. The van der Waals surface area contributed by atoms with Crippen molar-refractivity contribution in [3.8, 4) is 11.5 Å². The average Bonchev–Trinajstić information content (AvgIpc) is 3.38. The molecule has 10 heteroatoms. The van der Waals surface area contributed by atoms with Crippen LogP contribution in [0.3, 0.4) is 0 Å². The van der Waals surface area contributed by atoms with E-state index in [0.29, 0.717) is 11.1 Å². The van der Waals surface area contributed by atoms with Crippen molar-refractivity contribution in [3.05, 3.63) is 89.2 Å². The van der Waals surface area contributed by atoms with Crippen LogP contribution in [0.25, 0.3) is 0 Å². The van der Waals surface area contributed by atoms with Crippen molar-refractivity contribution in [2.45, 2.75) is 23.2 Å². The molecular weight excluding hydrogens is 459 g/mol. The number of hydrogen-bond donors (Lipinski definition) is 1. The summed E-state index contributed by atoms with van der Waals surface area (Å²) >= 11 is 0. The molecule has 0 amide bonds. The Hall–Kier alpha value is -3.08. The summed E-state index contributed by atoms with van der Waals surface area (Å²) in [5.41, 5.74) is 0.665. The zero-order valence-corrected chi connectivity index (χ0v) is 17.9. The van der Waals surface area contributed by atoms with Crippen molar-refractivity contribution in [2.75, 3.05) is 13.1 Å². The number of halogens is 3. The lowest BCUT2D eigenvalue weighted by molar-refractivity contribution is -0.0460. The van der Waals surface area contributed by atoms with Crippen LogP contribution in [0.5, 0.6) is 11.5 Å². The molecular formula is C23H18F3NO5S. The first-order valence-corrected chi connectivity index (χ1v) is 11.5. The maximum atomic E-state index is 15.0. The van der Waals surface area contributed by atoms with E-state index >= 15 is 0 Å². The lowest BCUT2D eigenvalue weighted by Crippen LogP contribution is -2.36. The number of fused-ring (bicyclic) bond motifs is 1. The lowest BCUT2D eigenvalue weighted by atomic mass is 9.97. The fourth-order valence-electron chi connectivity index (χ4n) is 4.01. The quantitative estimate of drug-likeness (QED) is 0.622. The monoisotopic (exact) mass is 477 g/mol. The van der Waals surface area contributed by atoms with Gasteiger partial charge in [-0.3, -0.25) is 0 Å². The van der Waals surface area contributed by atoms with E-state index in [2.05, 4.69) is 0 Å². The Bertz CT molecular complexity index is 1270. The van der Waals surface area contributed by atoms with Crippen LogP contribution in [-0.2, 0) is 15.8 Å². The highest BCUT2D eigenvalue weighted by Gasteiger charge is 2.47. The van der Waals surface area contributed by atoms with Crippen LogP contribution < -0.4 is 9.47 Å². The summed E-state index contributed by atoms with van der Waals surface area (Å²) in [5, 5.41) is 9.70. The summed E-state index contributed by atoms with van der Waals surface area (Å²) in [6.07, 6.45) is -0.564. The zero-order valence-electron chi connectivity index (χ0n) is 17.0. The van der Waals surface area contributed by atoms with Crippen molar-refractivity contribution in [1.29, 1.82) is 0 Å². The molecule has 5 rings (SSSR count). The van der Waals surface area contributed by atoms with Gasteiger partial charge in [0.05, 0.1) is 6.10 Å². The Labute approximate surface area is 187 Å². The molecule has 172 valence electrons. The van der Waals surface area contributed by atoms with Gasteiger partial charge in [-0.05, 0) is 55.0 Å². The summed E-state index contributed by atoms with van der Waals surface area (Å²) in [6.45, 7) is -0.0716. The van der Waals surface area contributed by atoms with Gasteiger partial charge in [-0.25, -0.2) is 21.6 Å². The summed E-state index contributed by atoms with van der Waals surface area (Å²) in [4.78, 5) is -0.618. The number of rotatable bonds is 4. The van der Waals surface area contributed by atoms with Crippen molar-refractivity contribution < 1.29 is 36.2 Å². The SMILES string of the molecule is O=S(=O)(c1cc2c(cc1F)OC(c1ccc(F)cc1)(c1ccc(F)cc1)O2)N1CC[C@H](O)C1. The molecule has 3 aromatic rings. The van der Waals surface area contributed by atoms with Gasteiger partial charge in [0.15, 0.2) is 11.5 Å². The van der Waals surface area contributed by atoms with Crippen LogP contribution in [0.4, 0.5) is 13.2 Å². The van der Waals surface area contributed by atoms with Crippen LogP contribution >= 0.6 is 0 Å². The Morgan fingerprint density at radius 2 is 1.39 bits per heavy atom. The second-order valence-corrected chi connectivity index (χ2v) is 9.78. The first-order chi connectivity index (χ1) is 15.7. The molecule has 1 saturated heterocycles. The van der Waals surface area contributed by atoms with Gasteiger partial charge in [0.2, 0.25) is 10.0 Å². The van der Waals surface area contributed by atoms with Gasteiger partial charge in [-0.15, -0.1) is 0 Å². The molecule has 1 atom stereocenters. The molecule has 0 aromatic heterocycles. The molecule has 0 radical (unpaired) electrons. The number of β-amino-alcohol motifs (C(OH)–C–C–N with tert-alkyl or cyclic N) is 1. The summed E-state index contributed by atoms with van der Waals surface area (Å²) in [7, 11) is -4.24. The van der Waals surface area contributed by atoms with Crippen LogP contribution in [0, 0.1) is 17.5 Å². The van der Waals surface area contributed by atoms with Crippen molar-refractivity contribution in [3.63, 3.8) is 0 Å². The molecule has 2 aliphatic heterocycles. The maximum Gasteiger partial charge on any atom is 0.305 e. The number of ether oxygens (including phenoxy) is 2. The van der Waals surface area contributed by atoms with Gasteiger partial charge in [0, 0.05) is 36.3 Å². The van der Waals surface area contributed by atoms with Crippen LogP contribution in [-0.4, -0.2) is 37.0 Å². The summed E-state index contributed by atoms with van der Waals surface area (Å²) in [6, 6.07) is 12.3. The smallest absolute Gasteiger partial charge is 0.305 e. The Balaban J connectivity index is 1.60. The third kappa shape index (κ3) is 3.64. The van der Waals surface area contributed by atoms with Crippen molar-refractivity contribution >= 4 is 10.0 Å². The number of nitrogens with zero attached hydrogens (tertiary/aromatic N) is 1. The van der Waals surface area contributed by atoms with E-state index in [1.54, 1.807) is 0 Å². The topological polar surface area (TPSA) is 76.1 Å². The van der Waals surface area contributed by atoms with E-state index in [4.69, 9.17) is 9.47 Å². The molecule has 6 nitrogen and oxygen atoms in total. The summed E-state index contributed by atoms with van der Waals surface area (Å²) in [5.74, 6) is -3.90. The van der Waals surface area contributed by atoms with Crippen LogP contribution in [0.1, 0.15) is 17.5 Å². The Morgan fingerprint density at radius 3 is 1.88 bits per heavy atom. The predicted molar refractivity (Wildman–Crippen MR) is 111 cm³/mol. The fraction of sp³-hybridized carbons (Fsp3) is 0.217. The Kier molecular flexibility index (Phi) is 5.11. The van der Waals surface area contributed by atoms with E-state index in [9.17, 15) is 26.7 Å². The average molecular weight is 477 g/mol. The van der Waals surface area contributed by atoms with Gasteiger partial charge in [0.25, 0.3) is 0 Å². The molecule has 1 fully saturated rings. The molecule has 1 N–H and O–H groups in total. The van der Waals surface area contributed by atoms with Crippen LogP contribution in [0.15, 0.2) is 65.6 Å². The highest BCUT2D eigenvalue weighted by atomic mass is 32.2. The second-order valence-electron chi connectivity index (χ2n) is 7.87. The van der Waals surface area contributed by atoms with E-state index in [0.717, 1.165) is 16.4 Å². The van der Waals surface area contributed by atoms with Gasteiger partial charge in [-0.1, -0.05) is 0 Å². The number of aliphatic hydroxyl groups excluding tert-OH is 1. The normalized spacial score (nSPS) is 19.7. The van der Waals surface area contributed by atoms with Crippen LogP contribution in [0.2, 0.25) is 0 Å². The van der Waals surface area contributed by atoms with E-state index < -0.39 is 44.3 Å². The van der Waals surface area contributed by atoms with E-state index in [1.165, 1.54) is 48.5 Å². The van der Waals surface area contributed by atoms with E-state index in [1.807, 2.05) is 0 Å². The highest BCUT2D eigenvalue weighted by molar-refractivity contribution is 7.89. The van der Waals surface area contributed by atoms with Gasteiger partial charge in [-0.2, -0.15) is 4.31 Å². The minimum atomic E-state index is -4.24. The van der Waals surface area contributed by atoms with Crippen molar-refractivity contribution in [2.24, 2.45) is 0 Å². The third-order valence-corrected chi connectivity index (χ3v) is 7.58. The highest BCUT2D eigenvalue weighted by Crippen LogP contribution is 2.49. The number of hydrogen-bond acceptors (Lipinski definition) is 5. The van der Waals surface area contributed by atoms with E-state index in [-0.39, 0.29) is 31.0 Å². The molecule has 0 unspecified atom stereocenters. The molecule has 2 aliphatic rings. The number of aliphatic hydroxyl groups is 1. The van der Waals surface area contributed by atoms with Gasteiger partial charge in [0.1, 0.15) is 22.3 Å². The molecule has 33 heavy (non-hydrogen) atoms. The predicted octanol–water partition coefficient (Wildman–Crippen LogP) is 3.53. The molecule has 3 aromatic carbocycles. The molecule has 0 saturated carbocycles. The van der Waals surface area contributed by atoms with Gasteiger partial charge >= 0.3 is 5.79 Å². The molecule has 2 heterocycles. The minimum Gasteiger partial charge on any atom is -0.440 e. The standard InChI is InChI=1S/C23H18F3NO5S/c24-16-5-1-14(2-6-16)23(15-3-7-17(25)8-4-15)31-20-11-19(26)22(12-21(20)32-23)33(29,30)27-10-9-18(28)13-27/h1-8,11-12,18,28H,9-10,13H2/t18-/m0/s1. The first kappa shape index (κ1) is 21.7.